The van der Waals surface area contributed by atoms with Gasteiger partial charge in [-0.1, -0.05) is 13.8 Å². The number of rotatable bonds is 4. The van der Waals surface area contributed by atoms with Crippen molar-refractivity contribution in [2.24, 2.45) is 0 Å². The lowest BCUT2D eigenvalue weighted by atomic mass is 10.2. The molecule has 6 heteroatoms. The van der Waals surface area contributed by atoms with E-state index in [1.807, 2.05) is 4.90 Å². The number of amides is 1. The van der Waals surface area contributed by atoms with Gasteiger partial charge in [-0.2, -0.15) is 0 Å². The number of likely N-dealkylation sites (tertiary alicyclic amines) is 1. The molecule has 1 amide bonds. The first-order valence-corrected chi connectivity index (χ1v) is 6.76. The Kier molecular flexibility index (Phi) is 4.31. The number of likely N-dealkylation sites (N-methyl/N-ethyl adjacent to an activating group) is 1. The molecule has 0 aliphatic carbocycles. The fourth-order valence-corrected chi connectivity index (χ4v) is 2.57. The number of carbonyl (C=O) groups is 1. The largest absolute Gasteiger partial charge is 0.382 e. The number of nitrogens with zero attached hydrogens (tertiary/aromatic N) is 4. The van der Waals surface area contributed by atoms with Crippen LogP contribution in [0.2, 0.25) is 0 Å². The molecule has 1 aliphatic heterocycles. The summed E-state index contributed by atoms with van der Waals surface area (Å²) in [5.41, 5.74) is 5.84. The first-order valence-electron chi connectivity index (χ1n) is 6.76. The van der Waals surface area contributed by atoms with E-state index in [9.17, 15) is 4.79 Å². The third kappa shape index (κ3) is 3.01. The van der Waals surface area contributed by atoms with E-state index >= 15 is 0 Å². The fourth-order valence-electron chi connectivity index (χ4n) is 2.57. The average molecular weight is 263 g/mol. The Balaban J connectivity index is 2.00. The number of nitrogen functional groups attached to an aromatic ring is 1. The highest BCUT2D eigenvalue weighted by Gasteiger charge is 2.30. The highest BCUT2D eigenvalue weighted by Crippen LogP contribution is 2.17. The van der Waals surface area contributed by atoms with Crippen LogP contribution in [0, 0.1) is 0 Å². The minimum atomic E-state index is -0.0536. The zero-order valence-corrected chi connectivity index (χ0v) is 11.5. The summed E-state index contributed by atoms with van der Waals surface area (Å²) in [5.74, 6) is 0.279. The fraction of sp³-hybridized carbons (Fsp3) is 0.615. The molecule has 0 aromatic carbocycles. The number of hydrogen-bond donors (Lipinski definition) is 1. The second-order valence-electron chi connectivity index (χ2n) is 4.74. The van der Waals surface area contributed by atoms with Crippen LogP contribution < -0.4 is 5.73 Å². The molecule has 19 heavy (non-hydrogen) atoms. The predicted octanol–water partition coefficient (Wildman–Crippen LogP) is 0.615. The van der Waals surface area contributed by atoms with E-state index in [-0.39, 0.29) is 5.91 Å². The van der Waals surface area contributed by atoms with Gasteiger partial charge < -0.3 is 10.6 Å². The lowest BCUT2D eigenvalue weighted by Crippen LogP contribution is -2.38. The van der Waals surface area contributed by atoms with E-state index < -0.39 is 0 Å². The van der Waals surface area contributed by atoms with E-state index in [0.717, 1.165) is 32.6 Å². The zero-order valence-electron chi connectivity index (χ0n) is 11.5. The standard InChI is InChI=1S/C13H21N5O/c1-3-17(4-2)10-5-6-18(9-10)13(19)11-7-16-12(14)8-15-11/h7-8,10H,3-6,9H2,1-2H3,(H2,14,16). The Morgan fingerprint density at radius 2 is 2.16 bits per heavy atom. The van der Waals surface area contributed by atoms with Crippen LogP contribution in [0.3, 0.4) is 0 Å². The molecule has 6 nitrogen and oxygen atoms in total. The second kappa shape index (κ2) is 5.97. The lowest BCUT2D eigenvalue weighted by molar-refractivity contribution is 0.0772. The zero-order chi connectivity index (χ0) is 13.8. The predicted molar refractivity (Wildman–Crippen MR) is 73.7 cm³/mol. The maximum Gasteiger partial charge on any atom is 0.274 e. The number of anilines is 1. The lowest BCUT2D eigenvalue weighted by Gasteiger charge is -2.26. The van der Waals surface area contributed by atoms with E-state index in [1.54, 1.807) is 0 Å². The highest BCUT2D eigenvalue weighted by atomic mass is 16.2. The Morgan fingerprint density at radius 3 is 2.74 bits per heavy atom. The molecule has 1 aromatic heterocycles. The third-order valence-electron chi connectivity index (χ3n) is 3.67. The SMILES string of the molecule is CCN(CC)C1CCN(C(=O)c2cnc(N)cn2)C1. The summed E-state index contributed by atoms with van der Waals surface area (Å²) >= 11 is 0. The quantitative estimate of drug-likeness (QED) is 0.861. The van der Waals surface area contributed by atoms with E-state index in [2.05, 4.69) is 28.7 Å². The Labute approximate surface area is 113 Å². The Hall–Kier alpha value is -1.69. The van der Waals surface area contributed by atoms with Gasteiger partial charge in [0.15, 0.2) is 0 Å². The molecule has 1 atom stereocenters. The van der Waals surface area contributed by atoms with Crippen molar-refractivity contribution in [3.05, 3.63) is 18.1 Å². The van der Waals surface area contributed by atoms with Crippen molar-refractivity contribution in [3.8, 4) is 0 Å². The van der Waals surface area contributed by atoms with Crippen molar-refractivity contribution < 1.29 is 4.79 Å². The molecule has 1 saturated heterocycles. The molecular formula is C13H21N5O. The first kappa shape index (κ1) is 13.7. The molecule has 1 aromatic rings. The van der Waals surface area contributed by atoms with Gasteiger partial charge in [0, 0.05) is 19.1 Å². The number of aromatic nitrogens is 2. The van der Waals surface area contributed by atoms with Crippen molar-refractivity contribution >= 4 is 11.7 Å². The molecule has 0 radical (unpaired) electrons. The smallest absolute Gasteiger partial charge is 0.274 e. The van der Waals surface area contributed by atoms with E-state index in [4.69, 9.17) is 5.73 Å². The summed E-state index contributed by atoms with van der Waals surface area (Å²) in [6.07, 6.45) is 3.89. The van der Waals surface area contributed by atoms with Gasteiger partial charge in [0.25, 0.3) is 5.91 Å². The minimum absolute atomic E-state index is 0.0536. The molecule has 1 fully saturated rings. The summed E-state index contributed by atoms with van der Waals surface area (Å²) < 4.78 is 0. The molecule has 1 aliphatic rings. The van der Waals surface area contributed by atoms with Crippen LogP contribution in [-0.4, -0.2) is 57.9 Å². The van der Waals surface area contributed by atoms with Gasteiger partial charge >= 0.3 is 0 Å². The molecule has 1 unspecified atom stereocenters. The average Bonchev–Trinajstić information content (AvgIpc) is 2.90. The number of hydrogen-bond acceptors (Lipinski definition) is 5. The van der Waals surface area contributed by atoms with Crippen molar-refractivity contribution in [3.63, 3.8) is 0 Å². The number of carbonyl (C=O) groups excluding carboxylic acids is 1. The van der Waals surface area contributed by atoms with Crippen LogP contribution in [0.25, 0.3) is 0 Å². The van der Waals surface area contributed by atoms with Gasteiger partial charge in [0.05, 0.1) is 12.4 Å². The van der Waals surface area contributed by atoms with E-state index in [0.29, 0.717) is 17.6 Å². The Bertz CT molecular complexity index is 429. The van der Waals surface area contributed by atoms with Crippen LogP contribution in [0.5, 0.6) is 0 Å². The maximum absolute atomic E-state index is 12.3. The third-order valence-corrected chi connectivity index (χ3v) is 3.67. The summed E-state index contributed by atoms with van der Waals surface area (Å²) in [5, 5.41) is 0. The van der Waals surface area contributed by atoms with E-state index in [1.165, 1.54) is 12.4 Å². The van der Waals surface area contributed by atoms with Crippen molar-refractivity contribution in [2.45, 2.75) is 26.3 Å². The summed E-state index contributed by atoms with van der Waals surface area (Å²) in [4.78, 5) is 24.5. The molecule has 2 heterocycles. The Morgan fingerprint density at radius 1 is 1.42 bits per heavy atom. The second-order valence-corrected chi connectivity index (χ2v) is 4.74. The normalized spacial score (nSPS) is 19.1. The van der Waals surface area contributed by atoms with Crippen LogP contribution >= 0.6 is 0 Å². The first-order chi connectivity index (χ1) is 9.15. The van der Waals surface area contributed by atoms with Gasteiger partial charge in [-0.15, -0.1) is 0 Å². The molecular weight excluding hydrogens is 242 g/mol. The van der Waals surface area contributed by atoms with Crippen molar-refractivity contribution in [2.75, 3.05) is 31.9 Å². The van der Waals surface area contributed by atoms with Crippen LogP contribution in [0.15, 0.2) is 12.4 Å². The highest BCUT2D eigenvalue weighted by molar-refractivity contribution is 5.92. The van der Waals surface area contributed by atoms with Gasteiger partial charge in [0.2, 0.25) is 0 Å². The topological polar surface area (TPSA) is 75.3 Å². The van der Waals surface area contributed by atoms with Crippen molar-refractivity contribution in [1.82, 2.24) is 19.8 Å². The maximum atomic E-state index is 12.3. The molecule has 0 bridgehead atoms. The molecule has 2 rings (SSSR count). The van der Waals surface area contributed by atoms with Crippen molar-refractivity contribution in [1.29, 1.82) is 0 Å². The summed E-state index contributed by atoms with van der Waals surface area (Å²) in [6, 6.07) is 0.459. The van der Waals surface area contributed by atoms with Crippen LogP contribution in [0.4, 0.5) is 5.82 Å². The number of nitrogens with two attached hydrogens (primary N) is 1. The monoisotopic (exact) mass is 263 g/mol. The minimum Gasteiger partial charge on any atom is -0.382 e. The summed E-state index contributed by atoms with van der Waals surface area (Å²) in [7, 11) is 0. The molecule has 104 valence electrons. The van der Waals surface area contributed by atoms with Gasteiger partial charge in [-0.05, 0) is 19.5 Å². The van der Waals surface area contributed by atoms with Gasteiger partial charge in [-0.3, -0.25) is 9.69 Å². The summed E-state index contributed by atoms with van der Waals surface area (Å²) in [6.45, 7) is 7.90. The van der Waals surface area contributed by atoms with Crippen LogP contribution in [-0.2, 0) is 0 Å². The van der Waals surface area contributed by atoms with Gasteiger partial charge in [0.1, 0.15) is 11.5 Å². The van der Waals surface area contributed by atoms with Gasteiger partial charge in [-0.25, -0.2) is 9.97 Å². The van der Waals surface area contributed by atoms with Crippen LogP contribution in [0.1, 0.15) is 30.8 Å². The molecule has 2 N–H and O–H groups in total. The molecule has 0 saturated carbocycles. The molecule has 0 spiro atoms.